The van der Waals surface area contributed by atoms with Crippen LogP contribution in [0.3, 0.4) is 0 Å². The van der Waals surface area contributed by atoms with Crippen molar-refractivity contribution in [2.45, 2.75) is 24.4 Å². The van der Waals surface area contributed by atoms with E-state index < -0.39 is 33.6 Å². The van der Waals surface area contributed by atoms with Crippen molar-refractivity contribution in [3.8, 4) is 5.75 Å². The summed E-state index contributed by atoms with van der Waals surface area (Å²) < 4.78 is 60.1. The van der Waals surface area contributed by atoms with Gasteiger partial charge in [-0.2, -0.15) is 4.31 Å². The van der Waals surface area contributed by atoms with Crippen molar-refractivity contribution in [1.29, 1.82) is 0 Å². The molecule has 1 atom stereocenters. The second-order valence-corrected chi connectivity index (χ2v) is 9.49. The molecule has 0 aliphatic heterocycles. The van der Waals surface area contributed by atoms with E-state index in [1.165, 1.54) is 42.7 Å². The summed E-state index contributed by atoms with van der Waals surface area (Å²) in [5.74, 6) is -2.04. The van der Waals surface area contributed by atoms with Gasteiger partial charge in [0.05, 0.1) is 13.2 Å². The largest absolute Gasteiger partial charge is 0.495 e. The molecule has 1 unspecified atom stereocenters. The Morgan fingerprint density at radius 3 is 2.39 bits per heavy atom. The van der Waals surface area contributed by atoms with Crippen LogP contribution in [-0.2, 0) is 16.6 Å². The number of hydrogen-bond donors (Lipinski definition) is 1. The Hall–Kier alpha value is -3.30. The fraction of sp³-hybridized carbons (Fsp3) is 0.208. The number of methoxy groups -OCH3 is 1. The average Bonchev–Trinajstić information content (AvgIpc) is 2.79. The van der Waals surface area contributed by atoms with Crippen LogP contribution in [0.1, 0.15) is 34.5 Å². The molecule has 1 amide bonds. The SMILES string of the molecule is COc1ccc(C(=O)NC(C)c2ccc(F)cc2F)cc1S(=O)(=O)N(C)Cc1ccccc1. The highest BCUT2D eigenvalue weighted by Gasteiger charge is 2.27. The fourth-order valence-corrected chi connectivity index (χ4v) is 4.66. The van der Waals surface area contributed by atoms with Gasteiger partial charge in [-0.1, -0.05) is 36.4 Å². The van der Waals surface area contributed by atoms with E-state index >= 15 is 0 Å². The van der Waals surface area contributed by atoms with Crippen LogP contribution >= 0.6 is 0 Å². The molecule has 0 aliphatic carbocycles. The molecule has 3 aromatic rings. The summed E-state index contributed by atoms with van der Waals surface area (Å²) in [5, 5.41) is 2.61. The number of halogens is 2. The number of carbonyl (C=O) groups excluding carboxylic acids is 1. The molecule has 3 aromatic carbocycles. The van der Waals surface area contributed by atoms with Gasteiger partial charge < -0.3 is 10.1 Å². The summed E-state index contributed by atoms with van der Waals surface area (Å²) in [4.78, 5) is 12.6. The van der Waals surface area contributed by atoms with Crippen molar-refractivity contribution in [2.75, 3.05) is 14.2 Å². The van der Waals surface area contributed by atoms with Gasteiger partial charge in [-0.05, 0) is 36.8 Å². The number of benzene rings is 3. The third kappa shape index (κ3) is 5.55. The highest BCUT2D eigenvalue weighted by Crippen LogP contribution is 2.28. The van der Waals surface area contributed by atoms with Gasteiger partial charge in [0, 0.05) is 30.8 Å². The lowest BCUT2D eigenvalue weighted by atomic mass is 10.1. The van der Waals surface area contributed by atoms with E-state index in [0.717, 1.165) is 17.7 Å². The van der Waals surface area contributed by atoms with Crippen LogP contribution in [0.5, 0.6) is 5.75 Å². The van der Waals surface area contributed by atoms with Crippen molar-refractivity contribution < 1.29 is 26.7 Å². The third-order valence-electron chi connectivity index (χ3n) is 5.14. The van der Waals surface area contributed by atoms with E-state index in [-0.39, 0.29) is 28.3 Å². The maximum Gasteiger partial charge on any atom is 0.251 e. The van der Waals surface area contributed by atoms with Crippen LogP contribution in [0.25, 0.3) is 0 Å². The lowest BCUT2D eigenvalue weighted by molar-refractivity contribution is 0.0939. The summed E-state index contributed by atoms with van der Waals surface area (Å²) in [6.07, 6.45) is 0. The zero-order valence-corrected chi connectivity index (χ0v) is 19.2. The molecule has 174 valence electrons. The smallest absolute Gasteiger partial charge is 0.251 e. The zero-order chi connectivity index (χ0) is 24.2. The van der Waals surface area contributed by atoms with Crippen LogP contribution in [0.2, 0.25) is 0 Å². The lowest BCUT2D eigenvalue weighted by Gasteiger charge is -2.20. The minimum atomic E-state index is -4.00. The van der Waals surface area contributed by atoms with Crippen LogP contribution in [0.15, 0.2) is 71.6 Å². The molecule has 0 radical (unpaired) electrons. The standard InChI is InChI=1S/C24H24F2N2O4S/c1-16(20-11-10-19(25)14-21(20)26)27-24(29)18-9-12-22(32-3)23(13-18)33(30,31)28(2)15-17-7-5-4-6-8-17/h4-14,16H,15H2,1-3H3,(H,27,29). The number of sulfonamides is 1. The van der Waals surface area contributed by atoms with E-state index in [4.69, 9.17) is 4.74 Å². The van der Waals surface area contributed by atoms with Crippen molar-refractivity contribution in [3.05, 3.63) is 95.1 Å². The second-order valence-electron chi connectivity index (χ2n) is 7.47. The first-order valence-corrected chi connectivity index (χ1v) is 11.5. The first-order chi connectivity index (χ1) is 15.6. The summed E-state index contributed by atoms with van der Waals surface area (Å²) in [5.41, 5.74) is 0.956. The monoisotopic (exact) mass is 474 g/mol. The van der Waals surface area contributed by atoms with E-state index in [2.05, 4.69) is 5.32 Å². The van der Waals surface area contributed by atoms with Crippen LogP contribution in [0.4, 0.5) is 8.78 Å². The Kier molecular flexibility index (Phi) is 7.45. The Bertz CT molecular complexity index is 1250. The minimum Gasteiger partial charge on any atom is -0.495 e. The topological polar surface area (TPSA) is 75.7 Å². The number of rotatable bonds is 8. The molecule has 33 heavy (non-hydrogen) atoms. The number of hydrogen-bond acceptors (Lipinski definition) is 4. The highest BCUT2D eigenvalue weighted by molar-refractivity contribution is 7.89. The highest BCUT2D eigenvalue weighted by atomic mass is 32.2. The Morgan fingerprint density at radius 1 is 1.06 bits per heavy atom. The quantitative estimate of drug-likeness (QED) is 0.529. The molecule has 9 heteroatoms. The Morgan fingerprint density at radius 2 is 1.76 bits per heavy atom. The fourth-order valence-electron chi connectivity index (χ4n) is 3.32. The number of carbonyl (C=O) groups is 1. The molecular formula is C24H24F2N2O4S. The van der Waals surface area contributed by atoms with Crippen molar-refractivity contribution >= 4 is 15.9 Å². The maximum atomic E-state index is 14.0. The Labute approximate surface area is 191 Å². The van der Waals surface area contributed by atoms with Gasteiger partial charge in [0.2, 0.25) is 10.0 Å². The van der Waals surface area contributed by atoms with E-state index in [1.54, 1.807) is 6.92 Å². The number of ether oxygens (including phenoxy) is 1. The molecular weight excluding hydrogens is 450 g/mol. The number of nitrogens with zero attached hydrogens (tertiary/aromatic N) is 1. The van der Waals surface area contributed by atoms with Gasteiger partial charge in [-0.15, -0.1) is 0 Å². The van der Waals surface area contributed by atoms with Gasteiger partial charge in [-0.3, -0.25) is 4.79 Å². The summed E-state index contributed by atoms with van der Waals surface area (Å²) >= 11 is 0. The molecule has 6 nitrogen and oxygen atoms in total. The summed E-state index contributed by atoms with van der Waals surface area (Å²) in [6, 6.07) is 15.4. The molecule has 0 bridgehead atoms. The molecule has 0 fully saturated rings. The molecule has 0 saturated carbocycles. The predicted octanol–water partition coefficient (Wildman–Crippen LogP) is 4.29. The molecule has 0 saturated heterocycles. The predicted molar refractivity (Wildman–Crippen MR) is 120 cm³/mol. The second kappa shape index (κ2) is 10.1. The molecule has 3 rings (SSSR count). The molecule has 1 N–H and O–H groups in total. The normalized spacial score (nSPS) is 12.4. The first kappa shape index (κ1) is 24.3. The maximum absolute atomic E-state index is 14.0. The van der Waals surface area contributed by atoms with Gasteiger partial charge in [0.15, 0.2) is 0 Å². The molecule has 0 aromatic heterocycles. The number of nitrogens with one attached hydrogen (secondary N) is 1. The average molecular weight is 475 g/mol. The summed E-state index contributed by atoms with van der Waals surface area (Å²) in [7, 11) is -1.23. The number of amides is 1. The van der Waals surface area contributed by atoms with Crippen molar-refractivity contribution in [3.63, 3.8) is 0 Å². The van der Waals surface area contributed by atoms with Crippen LogP contribution in [0, 0.1) is 11.6 Å². The first-order valence-electron chi connectivity index (χ1n) is 10.1. The summed E-state index contributed by atoms with van der Waals surface area (Å²) in [6.45, 7) is 1.67. The van der Waals surface area contributed by atoms with E-state index in [1.807, 2.05) is 30.3 Å². The van der Waals surface area contributed by atoms with Gasteiger partial charge in [0.25, 0.3) is 5.91 Å². The van der Waals surface area contributed by atoms with Gasteiger partial charge in [0.1, 0.15) is 22.3 Å². The van der Waals surface area contributed by atoms with Gasteiger partial charge in [-0.25, -0.2) is 17.2 Å². The van der Waals surface area contributed by atoms with Crippen molar-refractivity contribution in [1.82, 2.24) is 9.62 Å². The van der Waals surface area contributed by atoms with E-state index in [0.29, 0.717) is 0 Å². The lowest BCUT2D eigenvalue weighted by Crippen LogP contribution is -2.29. The Balaban J connectivity index is 1.87. The molecule has 0 spiro atoms. The minimum absolute atomic E-state index is 0.0526. The van der Waals surface area contributed by atoms with Gasteiger partial charge >= 0.3 is 0 Å². The van der Waals surface area contributed by atoms with E-state index in [9.17, 15) is 22.0 Å². The molecule has 0 heterocycles. The van der Waals surface area contributed by atoms with Crippen LogP contribution < -0.4 is 10.1 Å². The van der Waals surface area contributed by atoms with Crippen LogP contribution in [-0.4, -0.2) is 32.8 Å². The molecule has 0 aliphatic rings. The zero-order valence-electron chi connectivity index (χ0n) is 18.4. The third-order valence-corrected chi connectivity index (χ3v) is 6.96. The van der Waals surface area contributed by atoms with Crippen molar-refractivity contribution in [2.24, 2.45) is 0 Å².